The minimum atomic E-state index is -0.130. The Labute approximate surface area is 132 Å². The molecule has 0 bridgehead atoms. The first-order chi connectivity index (χ1) is 10.1. The van der Waals surface area contributed by atoms with Gasteiger partial charge in [0.15, 0.2) is 0 Å². The van der Waals surface area contributed by atoms with Crippen molar-refractivity contribution in [2.45, 2.75) is 32.1 Å². The van der Waals surface area contributed by atoms with Crippen LogP contribution in [-0.2, 0) is 12.8 Å². The molecule has 2 aromatic rings. The van der Waals surface area contributed by atoms with Crippen molar-refractivity contribution in [3.05, 3.63) is 44.6 Å². The van der Waals surface area contributed by atoms with Crippen molar-refractivity contribution in [3.63, 3.8) is 0 Å². The van der Waals surface area contributed by atoms with E-state index in [1.807, 2.05) is 6.07 Å². The van der Waals surface area contributed by atoms with E-state index in [0.29, 0.717) is 5.69 Å². The van der Waals surface area contributed by atoms with Crippen LogP contribution in [0.25, 0.3) is 0 Å². The van der Waals surface area contributed by atoms with Gasteiger partial charge in [-0.2, -0.15) is 0 Å². The zero-order valence-electron chi connectivity index (χ0n) is 11.5. The Hall–Kier alpha value is -1.52. The van der Waals surface area contributed by atoms with E-state index >= 15 is 0 Å². The number of thiophene rings is 1. The van der Waals surface area contributed by atoms with E-state index in [0.717, 1.165) is 17.7 Å². The monoisotopic (exact) mass is 321 g/mol. The lowest BCUT2D eigenvalue weighted by atomic mass is 10.1. The molecule has 21 heavy (non-hydrogen) atoms. The number of amides is 1. The van der Waals surface area contributed by atoms with E-state index in [1.54, 1.807) is 23.5 Å². The Balaban J connectivity index is 1.77. The van der Waals surface area contributed by atoms with Gasteiger partial charge in [-0.05, 0) is 49.4 Å². The highest BCUT2D eigenvalue weighted by Gasteiger charge is 2.16. The quantitative estimate of drug-likeness (QED) is 0.792. The summed E-state index contributed by atoms with van der Waals surface area (Å²) in [6, 6.07) is 6.71. The molecule has 0 atom stereocenters. The van der Waals surface area contributed by atoms with Gasteiger partial charge in [0.05, 0.1) is 9.90 Å². The van der Waals surface area contributed by atoms with Crippen LogP contribution >= 0.6 is 22.9 Å². The van der Waals surface area contributed by atoms with Crippen molar-refractivity contribution in [2.75, 3.05) is 5.32 Å². The number of anilines is 1. The van der Waals surface area contributed by atoms with Gasteiger partial charge in [0, 0.05) is 16.6 Å². The van der Waals surface area contributed by atoms with Crippen LogP contribution in [0.15, 0.2) is 24.3 Å². The van der Waals surface area contributed by atoms with Gasteiger partial charge in [0.1, 0.15) is 5.75 Å². The van der Waals surface area contributed by atoms with Crippen molar-refractivity contribution in [2.24, 2.45) is 0 Å². The largest absolute Gasteiger partial charge is 0.506 e. The van der Waals surface area contributed by atoms with Gasteiger partial charge >= 0.3 is 0 Å². The average molecular weight is 322 g/mol. The molecule has 3 nitrogen and oxygen atoms in total. The maximum Gasteiger partial charge on any atom is 0.265 e. The van der Waals surface area contributed by atoms with Crippen LogP contribution in [0.2, 0.25) is 5.02 Å². The van der Waals surface area contributed by atoms with Crippen molar-refractivity contribution in [3.8, 4) is 5.75 Å². The van der Waals surface area contributed by atoms with Gasteiger partial charge in [-0.25, -0.2) is 0 Å². The number of carbonyl (C=O) groups is 1. The molecule has 3 rings (SSSR count). The van der Waals surface area contributed by atoms with Gasteiger partial charge in [-0.15, -0.1) is 11.3 Å². The van der Waals surface area contributed by atoms with Crippen LogP contribution < -0.4 is 5.32 Å². The lowest BCUT2D eigenvalue weighted by Crippen LogP contribution is -2.10. The fourth-order valence-electron chi connectivity index (χ4n) is 2.56. The fourth-order valence-corrected chi connectivity index (χ4v) is 3.83. The molecule has 0 spiro atoms. The van der Waals surface area contributed by atoms with Gasteiger partial charge < -0.3 is 10.4 Å². The number of carbonyl (C=O) groups excluding carboxylic acids is 1. The molecule has 0 saturated carbocycles. The summed E-state index contributed by atoms with van der Waals surface area (Å²) in [6.45, 7) is 0. The Kier molecular flexibility index (Phi) is 4.17. The van der Waals surface area contributed by atoms with Crippen LogP contribution in [0.5, 0.6) is 5.75 Å². The molecule has 1 heterocycles. The number of aromatic hydroxyl groups is 1. The summed E-state index contributed by atoms with van der Waals surface area (Å²) in [6.07, 6.45) is 5.83. The standard InChI is InChI=1S/C16H16ClNO2S/c17-12-7-6-11(9-13(12)19)18-16(20)15-8-10-4-2-1-3-5-14(10)21-15/h6-9,19H,1-5H2,(H,18,20). The van der Waals surface area contributed by atoms with Crippen molar-refractivity contribution in [1.29, 1.82) is 0 Å². The predicted molar refractivity (Wildman–Crippen MR) is 86.6 cm³/mol. The summed E-state index contributed by atoms with van der Waals surface area (Å²) in [4.78, 5) is 14.4. The first kappa shape index (κ1) is 14.4. The molecule has 1 aliphatic rings. The second-order valence-electron chi connectivity index (χ2n) is 5.24. The van der Waals surface area contributed by atoms with Crippen molar-refractivity contribution in [1.82, 2.24) is 0 Å². The van der Waals surface area contributed by atoms with Gasteiger partial charge in [0.2, 0.25) is 0 Å². The normalized spacial score (nSPS) is 14.3. The molecule has 0 saturated heterocycles. The molecule has 2 N–H and O–H groups in total. The van der Waals surface area contributed by atoms with E-state index < -0.39 is 0 Å². The Morgan fingerprint density at radius 1 is 1.19 bits per heavy atom. The second-order valence-corrected chi connectivity index (χ2v) is 6.78. The van der Waals surface area contributed by atoms with Gasteiger partial charge in [-0.1, -0.05) is 18.0 Å². The molecule has 1 aromatic carbocycles. The van der Waals surface area contributed by atoms with Crippen LogP contribution in [0, 0.1) is 0 Å². The molecule has 1 aliphatic carbocycles. The second kappa shape index (κ2) is 6.08. The molecule has 1 amide bonds. The highest BCUT2D eigenvalue weighted by atomic mass is 35.5. The number of phenols is 1. The van der Waals surface area contributed by atoms with Crippen molar-refractivity contribution >= 4 is 34.5 Å². The third-order valence-corrected chi connectivity index (χ3v) is 5.23. The Morgan fingerprint density at radius 2 is 2.00 bits per heavy atom. The number of rotatable bonds is 2. The van der Waals surface area contributed by atoms with Crippen molar-refractivity contribution < 1.29 is 9.90 Å². The third kappa shape index (κ3) is 3.22. The minimum absolute atomic E-state index is 0.0311. The maximum atomic E-state index is 12.3. The first-order valence-corrected chi connectivity index (χ1v) is 8.24. The number of nitrogens with one attached hydrogen (secondary N) is 1. The lowest BCUT2D eigenvalue weighted by molar-refractivity contribution is 0.103. The highest BCUT2D eigenvalue weighted by Crippen LogP contribution is 2.30. The van der Waals surface area contributed by atoms with E-state index in [9.17, 15) is 9.90 Å². The van der Waals surface area contributed by atoms with E-state index in [1.165, 1.54) is 35.8 Å². The molecule has 110 valence electrons. The summed E-state index contributed by atoms with van der Waals surface area (Å²) in [5.74, 6) is -0.161. The molecule has 0 fully saturated rings. The lowest BCUT2D eigenvalue weighted by Gasteiger charge is -2.05. The molecular formula is C16H16ClNO2S. The average Bonchev–Trinajstić information content (AvgIpc) is 2.74. The van der Waals surface area contributed by atoms with Gasteiger partial charge in [-0.3, -0.25) is 4.79 Å². The number of aryl methyl sites for hydroxylation is 2. The zero-order chi connectivity index (χ0) is 14.8. The summed E-state index contributed by atoms with van der Waals surface area (Å²) in [7, 11) is 0. The molecule has 5 heteroatoms. The number of halogens is 1. The zero-order valence-corrected chi connectivity index (χ0v) is 13.1. The minimum Gasteiger partial charge on any atom is -0.506 e. The van der Waals surface area contributed by atoms with E-state index in [2.05, 4.69) is 5.32 Å². The molecule has 0 unspecified atom stereocenters. The number of benzene rings is 1. The molecular weight excluding hydrogens is 306 g/mol. The summed E-state index contributed by atoms with van der Waals surface area (Å²) in [5.41, 5.74) is 1.87. The first-order valence-electron chi connectivity index (χ1n) is 7.05. The number of hydrogen-bond donors (Lipinski definition) is 2. The number of fused-ring (bicyclic) bond motifs is 1. The summed E-state index contributed by atoms with van der Waals surface area (Å²) in [5, 5.41) is 12.6. The summed E-state index contributed by atoms with van der Waals surface area (Å²) >= 11 is 7.34. The number of phenolic OH excluding ortho intramolecular Hbond substituents is 1. The summed E-state index contributed by atoms with van der Waals surface area (Å²) < 4.78 is 0. The highest BCUT2D eigenvalue weighted by molar-refractivity contribution is 7.14. The smallest absolute Gasteiger partial charge is 0.265 e. The number of hydrogen-bond acceptors (Lipinski definition) is 3. The fraction of sp³-hybridized carbons (Fsp3) is 0.312. The van der Waals surface area contributed by atoms with Crippen LogP contribution in [-0.4, -0.2) is 11.0 Å². The maximum absolute atomic E-state index is 12.3. The van der Waals surface area contributed by atoms with Gasteiger partial charge in [0.25, 0.3) is 5.91 Å². The Bertz CT molecular complexity index is 657. The topological polar surface area (TPSA) is 49.3 Å². The molecule has 0 aliphatic heterocycles. The Morgan fingerprint density at radius 3 is 2.81 bits per heavy atom. The third-order valence-electron chi connectivity index (χ3n) is 3.67. The molecule has 1 aromatic heterocycles. The van der Waals surface area contributed by atoms with E-state index in [4.69, 9.17) is 11.6 Å². The molecule has 0 radical (unpaired) electrons. The van der Waals surface area contributed by atoms with E-state index in [-0.39, 0.29) is 16.7 Å². The van der Waals surface area contributed by atoms with Crippen LogP contribution in [0.3, 0.4) is 0 Å². The SMILES string of the molecule is O=C(Nc1ccc(Cl)c(O)c1)c1cc2c(s1)CCCCC2. The van der Waals surface area contributed by atoms with Crippen LogP contribution in [0.1, 0.15) is 39.4 Å². The van der Waals surface area contributed by atoms with Crippen LogP contribution in [0.4, 0.5) is 5.69 Å². The predicted octanol–water partition coefficient (Wildman–Crippen LogP) is 4.63.